The third kappa shape index (κ3) is 6.33. The molecule has 0 saturated heterocycles. The Labute approximate surface area is 119 Å². The first-order valence-electron chi connectivity index (χ1n) is 6.74. The Balaban J connectivity index is 2.46. The van der Waals surface area contributed by atoms with Crippen molar-refractivity contribution in [2.45, 2.75) is 20.3 Å². The maximum absolute atomic E-state index is 11.5. The van der Waals surface area contributed by atoms with Gasteiger partial charge in [0.1, 0.15) is 5.82 Å². The van der Waals surface area contributed by atoms with Crippen molar-refractivity contribution < 1.29 is 9.53 Å². The molecule has 112 valence electrons. The first-order chi connectivity index (χ1) is 9.65. The zero-order valence-electron chi connectivity index (χ0n) is 12.3. The van der Waals surface area contributed by atoms with Crippen LogP contribution in [0.25, 0.3) is 0 Å². The Morgan fingerprint density at radius 3 is 2.80 bits per heavy atom. The number of carbonyl (C=O) groups excluding carboxylic acids is 1. The summed E-state index contributed by atoms with van der Waals surface area (Å²) in [5.74, 6) is 1.12. The number of amides is 1. The van der Waals surface area contributed by atoms with E-state index in [1.54, 1.807) is 13.2 Å². The van der Waals surface area contributed by atoms with Crippen LogP contribution in [0, 0.1) is 6.92 Å². The van der Waals surface area contributed by atoms with Crippen molar-refractivity contribution in [2.24, 2.45) is 0 Å². The van der Waals surface area contributed by atoms with E-state index in [1.165, 1.54) is 0 Å². The molecule has 0 atom stereocenters. The van der Waals surface area contributed by atoms with Crippen molar-refractivity contribution in [3.63, 3.8) is 0 Å². The highest BCUT2D eigenvalue weighted by molar-refractivity contribution is 5.80. The molecule has 0 aliphatic heterocycles. The molecule has 1 aromatic rings. The molecule has 0 aromatic carbocycles. The van der Waals surface area contributed by atoms with Crippen LogP contribution < -0.4 is 16.0 Å². The molecule has 0 saturated carbocycles. The summed E-state index contributed by atoms with van der Waals surface area (Å²) >= 11 is 0. The van der Waals surface area contributed by atoms with Crippen LogP contribution in [-0.4, -0.2) is 49.2 Å². The van der Waals surface area contributed by atoms with Gasteiger partial charge in [-0.15, -0.1) is 0 Å². The second-order valence-electron chi connectivity index (χ2n) is 4.34. The lowest BCUT2D eigenvalue weighted by Gasteiger charge is -2.09. The fourth-order valence-corrected chi connectivity index (χ4v) is 1.50. The number of methoxy groups -OCH3 is 1. The molecular formula is C13H23N5O2. The molecule has 1 rings (SSSR count). The normalized spacial score (nSPS) is 10.2. The summed E-state index contributed by atoms with van der Waals surface area (Å²) in [6.45, 7) is 5.97. The number of aromatic nitrogens is 2. The van der Waals surface area contributed by atoms with Gasteiger partial charge in [-0.1, -0.05) is 6.92 Å². The molecule has 20 heavy (non-hydrogen) atoms. The summed E-state index contributed by atoms with van der Waals surface area (Å²) in [5, 5.41) is 8.84. The lowest BCUT2D eigenvalue weighted by Crippen LogP contribution is -2.32. The van der Waals surface area contributed by atoms with Gasteiger partial charge in [0, 0.05) is 32.0 Å². The van der Waals surface area contributed by atoms with E-state index in [-0.39, 0.29) is 12.5 Å². The summed E-state index contributed by atoms with van der Waals surface area (Å²) in [6.07, 6.45) is 1.00. The summed E-state index contributed by atoms with van der Waals surface area (Å²) in [7, 11) is 1.60. The third-order valence-corrected chi connectivity index (χ3v) is 2.45. The van der Waals surface area contributed by atoms with Gasteiger partial charge in [0.2, 0.25) is 11.9 Å². The molecule has 0 aliphatic rings. The third-order valence-electron chi connectivity index (χ3n) is 2.45. The smallest absolute Gasteiger partial charge is 0.239 e. The van der Waals surface area contributed by atoms with Gasteiger partial charge >= 0.3 is 0 Å². The van der Waals surface area contributed by atoms with E-state index < -0.39 is 0 Å². The maximum atomic E-state index is 11.5. The highest BCUT2D eigenvalue weighted by atomic mass is 16.5. The maximum Gasteiger partial charge on any atom is 0.239 e. The molecule has 7 nitrogen and oxygen atoms in total. The number of ether oxygens (including phenoxy) is 1. The first kappa shape index (κ1) is 16.2. The van der Waals surface area contributed by atoms with Crippen molar-refractivity contribution in [2.75, 3.05) is 44.0 Å². The van der Waals surface area contributed by atoms with Crippen molar-refractivity contribution in [3.05, 3.63) is 11.8 Å². The molecular weight excluding hydrogens is 258 g/mol. The molecule has 0 spiro atoms. The zero-order chi connectivity index (χ0) is 14.8. The van der Waals surface area contributed by atoms with Crippen LogP contribution in [0.1, 0.15) is 19.0 Å². The van der Waals surface area contributed by atoms with E-state index in [1.807, 2.05) is 6.92 Å². The topological polar surface area (TPSA) is 88.2 Å². The highest BCUT2D eigenvalue weighted by Gasteiger charge is 2.04. The number of aryl methyl sites for hydroxylation is 1. The standard InChI is InChI=1S/C13H23N5O2/c1-4-5-15-13-17-10(2)8-11(18-13)16-9-12(19)14-6-7-20-3/h8H,4-7,9H2,1-3H3,(H,14,19)(H2,15,16,17,18). The van der Waals surface area contributed by atoms with E-state index in [4.69, 9.17) is 4.74 Å². The SMILES string of the molecule is CCCNc1nc(C)cc(NCC(=O)NCCOC)n1. The fourth-order valence-electron chi connectivity index (χ4n) is 1.50. The average Bonchev–Trinajstić information content (AvgIpc) is 2.43. The quantitative estimate of drug-likeness (QED) is 0.580. The van der Waals surface area contributed by atoms with Gasteiger partial charge in [0.25, 0.3) is 0 Å². The van der Waals surface area contributed by atoms with Crippen LogP contribution in [0.3, 0.4) is 0 Å². The number of nitrogens with one attached hydrogen (secondary N) is 3. The van der Waals surface area contributed by atoms with Crippen molar-refractivity contribution in [1.82, 2.24) is 15.3 Å². The van der Waals surface area contributed by atoms with Crippen molar-refractivity contribution in [3.8, 4) is 0 Å². The average molecular weight is 281 g/mol. The van der Waals surface area contributed by atoms with E-state index in [0.29, 0.717) is 24.9 Å². The largest absolute Gasteiger partial charge is 0.383 e. The van der Waals surface area contributed by atoms with Gasteiger partial charge in [0.05, 0.1) is 13.2 Å². The lowest BCUT2D eigenvalue weighted by atomic mass is 10.4. The second kappa shape index (κ2) is 9.08. The number of anilines is 2. The molecule has 0 unspecified atom stereocenters. The predicted molar refractivity (Wildman–Crippen MR) is 78.9 cm³/mol. The molecule has 1 heterocycles. The van der Waals surface area contributed by atoms with Crippen LogP contribution in [0.4, 0.5) is 11.8 Å². The van der Waals surface area contributed by atoms with E-state index in [9.17, 15) is 4.79 Å². The van der Waals surface area contributed by atoms with Crippen LogP contribution in [0.2, 0.25) is 0 Å². The Morgan fingerprint density at radius 1 is 1.30 bits per heavy atom. The second-order valence-corrected chi connectivity index (χ2v) is 4.34. The molecule has 0 radical (unpaired) electrons. The molecule has 0 fully saturated rings. The molecule has 7 heteroatoms. The number of carbonyl (C=O) groups is 1. The number of hydrogen-bond acceptors (Lipinski definition) is 6. The Morgan fingerprint density at radius 2 is 2.10 bits per heavy atom. The lowest BCUT2D eigenvalue weighted by molar-refractivity contribution is -0.119. The molecule has 1 aromatic heterocycles. The minimum atomic E-state index is -0.0959. The molecule has 0 bridgehead atoms. The van der Waals surface area contributed by atoms with Crippen molar-refractivity contribution >= 4 is 17.7 Å². The van der Waals surface area contributed by atoms with Crippen LogP contribution in [0.15, 0.2) is 6.07 Å². The van der Waals surface area contributed by atoms with E-state index >= 15 is 0 Å². The number of nitrogens with zero attached hydrogens (tertiary/aromatic N) is 2. The minimum Gasteiger partial charge on any atom is -0.383 e. The monoisotopic (exact) mass is 281 g/mol. The van der Waals surface area contributed by atoms with Crippen LogP contribution in [-0.2, 0) is 9.53 Å². The van der Waals surface area contributed by atoms with Gasteiger partial charge in [-0.3, -0.25) is 4.79 Å². The Bertz CT molecular complexity index is 425. The Hall–Kier alpha value is -1.89. The Kier molecular flexibility index (Phi) is 7.34. The van der Waals surface area contributed by atoms with Gasteiger partial charge in [-0.25, -0.2) is 4.98 Å². The fraction of sp³-hybridized carbons (Fsp3) is 0.615. The van der Waals surface area contributed by atoms with E-state index in [0.717, 1.165) is 18.7 Å². The zero-order valence-corrected chi connectivity index (χ0v) is 12.3. The molecule has 3 N–H and O–H groups in total. The van der Waals surface area contributed by atoms with Crippen LogP contribution in [0.5, 0.6) is 0 Å². The van der Waals surface area contributed by atoms with Gasteiger partial charge in [-0.2, -0.15) is 4.98 Å². The summed E-state index contributed by atoms with van der Waals surface area (Å²) in [4.78, 5) is 20.1. The molecule has 1 amide bonds. The highest BCUT2D eigenvalue weighted by Crippen LogP contribution is 2.09. The van der Waals surface area contributed by atoms with Crippen LogP contribution >= 0.6 is 0 Å². The number of hydrogen-bond donors (Lipinski definition) is 3. The minimum absolute atomic E-state index is 0.0959. The van der Waals surface area contributed by atoms with Crippen molar-refractivity contribution in [1.29, 1.82) is 0 Å². The first-order valence-corrected chi connectivity index (χ1v) is 6.74. The van der Waals surface area contributed by atoms with Gasteiger partial charge < -0.3 is 20.7 Å². The van der Waals surface area contributed by atoms with Gasteiger partial charge in [-0.05, 0) is 13.3 Å². The van der Waals surface area contributed by atoms with E-state index in [2.05, 4.69) is 32.8 Å². The summed E-state index contributed by atoms with van der Waals surface area (Å²) in [5.41, 5.74) is 0.848. The number of rotatable bonds is 9. The van der Waals surface area contributed by atoms with Gasteiger partial charge in [0.15, 0.2) is 0 Å². The summed E-state index contributed by atoms with van der Waals surface area (Å²) < 4.78 is 4.86. The molecule has 0 aliphatic carbocycles. The summed E-state index contributed by atoms with van der Waals surface area (Å²) in [6, 6.07) is 1.81. The predicted octanol–water partition coefficient (Wildman–Crippen LogP) is 0.781.